The molecule has 3 aromatic carbocycles. The Morgan fingerprint density at radius 1 is 0.700 bits per heavy atom. The highest BCUT2D eigenvalue weighted by Crippen LogP contribution is 2.43. The standard InChI is InChI=1S/C19H14S/c20-18-11-10-16-15-9-5-4-8-14(15)12-17(16)19(18)13-6-2-1-3-7-13/h1-11,20H,12H2. The second-order valence-corrected chi connectivity index (χ2v) is 5.67. The highest BCUT2D eigenvalue weighted by molar-refractivity contribution is 7.80. The van der Waals surface area contributed by atoms with Crippen molar-refractivity contribution < 1.29 is 0 Å². The molecule has 0 radical (unpaired) electrons. The third-order valence-electron chi connectivity index (χ3n) is 4.03. The van der Waals surface area contributed by atoms with Gasteiger partial charge in [0.05, 0.1) is 0 Å². The number of hydrogen-bond acceptors (Lipinski definition) is 1. The van der Waals surface area contributed by atoms with E-state index in [1.165, 1.54) is 33.4 Å². The van der Waals surface area contributed by atoms with Gasteiger partial charge in [-0.05, 0) is 45.9 Å². The first kappa shape index (κ1) is 11.8. The van der Waals surface area contributed by atoms with Crippen LogP contribution in [0.15, 0.2) is 71.6 Å². The summed E-state index contributed by atoms with van der Waals surface area (Å²) in [5.41, 5.74) is 8.08. The molecule has 1 heteroatoms. The molecule has 0 unspecified atom stereocenters. The topological polar surface area (TPSA) is 0 Å². The van der Waals surface area contributed by atoms with Gasteiger partial charge in [0.15, 0.2) is 0 Å². The van der Waals surface area contributed by atoms with Gasteiger partial charge in [0.25, 0.3) is 0 Å². The fourth-order valence-corrected chi connectivity index (χ4v) is 3.46. The van der Waals surface area contributed by atoms with Crippen molar-refractivity contribution in [2.24, 2.45) is 0 Å². The lowest BCUT2D eigenvalue weighted by Crippen LogP contribution is -1.89. The summed E-state index contributed by atoms with van der Waals surface area (Å²) in [7, 11) is 0. The van der Waals surface area contributed by atoms with Crippen LogP contribution in [-0.4, -0.2) is 0 Å². The fraction of sp³-hybridized carbons (Fsp3) is 0.0526. The number of hydrogen-bond donors (Lipinski definition) is 1. The smallest absolute Gasteiger partial charge is 0.0122 e. The first-order valence-corrected chi connectivity index (χ1v) is 7.28. The van der Waals surface area contributed by atoms with Crippen molar-refractivity contribution in [1.82, 2.24) is 0 Å². The zero-order valence-electron chi connectivity index (χ0n) is 11.0. The third-order valence-corrected chi connectivity index (χ3v) is 4.40. The van der Waals surface area contributed by atoms with Crippen molar-refractivity contribution in [1.29, 1.82) is 0 Å². The zero-order chi connectivity index (χ0) is 13.5. The number of benzene rings is 3. The van der Waals surface area contributed by atoms with E-state index in [-0.39, 0.29) is 0 Å². The van der Waals surface area contributed by atoms with E-state index in [0.29, 0.717) is 0 Å². The van der Waals surface area contributed by atoms with Crippen molar-refractivity contribution in [3.8, 4) is 22.3 Å². The molecule has 0 spiro atoms. The molecule has 0 nitrogen and oxygen atoms in total. The van der Waals surface area contributed by atoms with Crippen LogP contribution in [0.3, 0.4) is 0 Å². The molecule has 0 bridgehead atoms. The summed E-state index contributed by atoms with van der Waals surface area (Å²) in [5.74, 6) is 0. The molecule has 0 N–H and O–H groups in total. The van der Waals surface area contributed by atoms with E-state index in [2.05, 4.69) is 79.4 Å². The highest BCUT2D eigenvalue weighted by atomic mass is 32.1. The molecule has 1 aliphatic rings. The van der Waals surface area contributed by atoms with Gasteiger partial charge in [0.1, 0.15) is 0 Å². The highest BCUT2D eigenvalue weighted by Gasteiger charge is 2.22. The zero-order valence-corrected chi connectivity index (χ0v) is 11.9. The van der Waals surface area contributed by atoms with Crippen LogP contribution in [-0.2, 0) is 6.42 Å². The summed E-state index contributed by atoms with van der Waals surface area (Å²) in [4.78, 5) is 1.06. The first-order chi connectivity index (χ1) is 9.84. The van der Waals surface area contributed by atoms with Crippen molar-refractivity contribution >= 4 is 12.6 Å². The molecule has 0 aliphatic heterocycles. The van der Waals surface area contributed by atoms with E-state index >= 15 is 0 Å². The van der Waals surface area contributed by atoms with Crippen LogP contribution in [0.4, 0.5) is 0 Å². The molecule has 0 aromatic heterocycles. The second-order valence-electron chi connectivity index (χ2n) is 5.19. The molecule has 0 amide bonds. The van der Waals surface area contributed by atoms with Gasteiger partial charge >= 0.3 is 0 Å². The minimum Gasteiger partial charge on any atom is -0.143 e. The summed E-state index contributed by atoms with van der Waals surface area (Å²) in [6.45, 7) is 0. The molecule has 0 saturated carbocycles. The van der Waals surface area contributed by atoms with Crippen LogP contribution in [0.1, 0.15) is 11.1 Å². The lowest BCUT2D eigenvalue weighted by molar-refractivity contribution is 1.24. The Bertz CT molecular complexity index is 788. The summed E-state index contributed by atoms with van der Waals surface area (Å²) in [5, 5.41) is 0. The summed E-state index contributed by atoms with van der Waals surface area (Å²) < 4.78 is 0. The van der Waals surface area contributed by atoms with Crippen LogP contribution in [0.5, 0.6) is 0 Å². The maximum atomic E-state index is 4.69. The molecule has 3 aromatic rings. The Morgan fingerprint density at radius 2 is 1.45 bits per heavy atom. The van der Waals surface area contributed by atoms with Gasteiger partial charge in [0, 0.05) is 4.90 Å². The normalized spacial score (nSPS) is 12.1. The largest absolute Gasteiger partial charge is 0.143 e. The fourth-order valence-electron chi connectivity index (χ4n) is 3.13. The number of fused-ring (bicyclic) bond motifs is 3. The molecule has 0 saturated heterocycles. The molecule has 20 heavy (non-hydrogen) atoms. The van der Waals surface area contributed by atoms with Crippen molar-refractivity contribution in [2.75, 3.05) is 0 Å². The van der Waals surface area contributed by atoms with Crippen LogP contribution in [0.2, 0.25) is 0 Å². The Labute approximate surface area is 124 Å². The monoisotopic (exact) mass is 274 g/mol. The van der Waals surface area contributed by atoms with Crippen LogP contribution in [0, 0.1) is 0 Å². The average Bonchev–Trinajstić information content (AvgIpc) is 2.86. The van der Waals surface area contributed by atoms with E-state index in [0.717, 1.165) is 11.3 Å². The first-order valence-electron chi connectivity index (χ1n) is 6.83. The van der Waals surface area contributed by atoms with Crippen molar-refractivity contribution in [2.45, 2.75) is 11.3 Å². The van der Waals surface area contributed by atoms with Gasteiger partial charge in [-0.1, -0.05) is 60.7 Å². The van der Waals surface area contributed by atoms with Crippen molar-refractivity contribution in [3.63, 3.8) is 0 Å². The Morgan fingerprint density at radius 3 is 2.30 bits per heavy atom. The quantitative estimate of drug-likeness (QED) is 0.452. The minimum atomic E-state index is 1.00. The molecule has 0 heterocycles. The van der Waals surface area contributed by atoms with Gasteiger partial charge in [-0.3, -0.25) is 0 Å². The Hall–Kier alpha value is -1.99. The molecule has 4 rings (SSSR count). The van der Waals surface area contributed by atoms with Crippen LogP contribution >= 0.6 is 12.6 Å². The maximum Gasteiger partial charge on any atom is 0.0122 e. The second kappa shape index (κ2) is 4.53. The SMILES string of the molecule is Sc1ccc2c(c1-c1ccccc1)Cc1ccccc1-2. The number of rotatable bonds is 1. The van der Waals surface area contributed by atoms with E-state index in [9.17, 15) is 0 Å². The predicted molar refractivity (Wildman–Crippen MR) is 87.4 cm³/mol. The Balaban J connectivity index is 2.00. The lowest BCUT2D eigenvalue weighted by Gasteiger charge is -2.12. The molecule has 0 atom stereocenters. The maximum absolute atomic E-state index is 4.69. The van der Waals surface area contributed by atoms with Gasteiger partial charge < -0.3 is 0 Å². The lowest BCUT2D eigenvalue weighted by atomic mass is 9.95. The van der Waals surface area contributed by atoms with Gasteiger partial charge in [0.2, 0.25) is 0 Å². The molecule has 0 fully saturated rings. The molecular formula is C19H14S. The molecule has 96 valence electrons. The predicted octanol–water partition coefficient (Wildman–Crippen LogP) is 5.21. The van der Waals surface area contributed by atoms with Gasteiger partial charge in [-0.15, -0.1) is 12.6 Å². The molecule has 1 aliphatic carbocycles. The van der Waals surface area contributed by atoms with Gasteiger partial charge in [-0.2, -0.15) is 0 Å². The third kappa shape index (κ3) is 1.70. The van der Waals surface area contributed by atoms with Gasteiger partial charge in [-0.25, -0.2) is 0 Å². The van der Waals surface area contributed by atoms with E-state index in [4.69, 9.17) is 0 Å². The van der Waals surface area contributed by atoms with Crippen LogP contribution in [0.25, 0.3) is 22.3 Å². The van der Waals surface area contributed by atoms with E-state index in [1.54, 1.807) is 0 Å². The van der Waals surface area contributed by atoms with E-state index < -0.39 is 0 Å². The van der Waals surface area contributed by atoms with E-state index in [1.807, 2.05) is 0 Å². The summed E-state index contributed by atoms with van der Waals surface area (Å²) >= 11 is 4.69. The average molecular weight is 274 g/mol. The van der Waals surface area contributed by atoms with Crippen LogP contribution < -0.4 is 0 Å². The molecular weight excluding hydrogens is 260 g/mol. The Kier molecular flexibility index (Phi) is 2.68. The minimum absolute atomic E-state index is 1.00. The summed E-state index contributed by atoms with van der Waals surface area (Å²) in [6, 6.07) is 23.6. The summed E-state index contributed by atoms with van der Waals surface area (Å²) in [6.07, 6.45) is 1.00. The van der Waals surface area contributed by atoms with Crippen molar-refractivity contribution in [3.05, 3.63) is 77.9 Å². The number of thiol groups is 1.